The third-order valence-corrected chi connectivity index (χ3v) is 2.84. The lowest BCUT2D eigenvalue weighted by atomic mass is 10.0. The molecule has 0 aliphatic heterocycles. The summed E-state index contributed by atoms with van der Waals surface area (Å²) in [4.78, 5) is 0. The molecule has 2 aromatic rings. The van der Waals surface area contributed by atoms with Crippen LogP contribution in [0, 0.1) is 5.82 Å². The van der Waals surface area contributed by atoms with E-state index < -0.39 is 0 Å². The van der Waals surface area contributed by atoms with E-state index in [2.05, 4.69) is 15.9 Å². The Bertz CT molecular complexity index is 482. The van der Waals surface area contributed by atoms with Gasteiger partial charge in [-0.1, -0.05) is 30.3 Å². The van der Waals surface area contributed by atoms with E-state index >= 15 is 0 Å². The molecule has 1 nitrogen and oxygen atoms in total. The van der Waals surface area contributed by atoms with E-state index in [0.717, 1.165) is 5.56 Å². The molecular weight excluding hydrogens is 257 g/mol. The van der Waals surface area contributed by atoms with E-state index in [1.54, 1.807) is 0 Å². The minimum Gasteiger partial charge on any atom is -0.397 e. The average Bonchev–Trinajstić information content (AvgIpc) is 2.24. The van der Waals surface area contributed by atoms with Crippen LogP contribution >= 0.6 is 15.9 Å². The summed E-state index contributed by atoms with van der Waals surface area (Å²) < 4.78 is 13.8. The highest BCUT2D eigenvalue weighted by Gasteiger charge is 2.07. The van der Waals surface area contributed by atoms with Gasteiger partial charge in [-0.2, -0.15) is 0 Å². The van der Waals surface area contributed by atoms with E-state index in [0.29, 0.717) is 15.7 Å². The summed E-state index contributed by atoms with van der Waals surface area (Å²) in [6, 6.07) is 12.3. The Labute approximate surface area is 95.9 Å². The van der Waals surface area contributed by atoms with Crippen molar-refractivity contribution in [2.45, 2.75) is 0 Å². The Hall–Kier alpha value is -1.35. The van der Waals surface area contributed by atoms with Crippen molar-refractivity contribution in [1.82, 2.24) is 0 Å². The summed E-state index contributed by atoms with van der Waals surface area (Å²) >= 11 is 3.23. The van der Waals surface area contributed by atoms with Gasteiger partial charge in [0, 0.05) is 10.0 Å². The van der Waals surface area contributed by atoms with E-state index in [4.69, 9.17) is 5.73 Å². The van der Waals surface area contributed by atoms with E-state index in [1.165, 1.54) is 12.1 Å². The Balaban J connectivity index is 2.63. The second-order valence-electron chi connectivity index (χ2n) is 3.21. The third kappa shape index (κ3) is 2.02. The molecule has 0 unspecified atom stereocenters. The van der Waals surface area contributed by atoms with E-state index in [1.807, 2.05) is 30.3 Å². The van der Waals surface area contributed by atoms with Crippen molar-refractivity contribution in [3.63, 3.8) is 0 Å². The highest BCUT2D eigenvalue weighted by Crippen LogP contribution is 2.32. The summed E-state index contributed by atoms with van der Waals surface area (Å²) in [5.41, 5.74) is 8.05. The highest BCUT2D eigenvalue weighted by molar-refractivity contribution is 9.10. The lowest BCUT2D eigenvalue weighted by Crippen LogP contribution is -1.93. The van der Waals surface area contributed by atoms with Gasteiger partial charge in [0.25, 0.3) is 0 Å². The minimum absolute atomic E-state index is 0.296. The minimum atomic E-state index is -0.296. The molecule has 2 aromatic carbocycles. The Morgan fingerprint density at radius 1 is 1.07 bits per heavy atom. The van der Waals surface area contributed by atoms with E-state index in [-0.39, 0.29) is 5.82 Å². The van der Waals surface area contributed by atoms with Crippen LogP contribution in [0.4, 0.5) is 10.1 Å². The number of anilines is 1. The van der Waals surface area contributed by atoms with Gasteiger partial charge >= 0.3 is 0 Å². The zero-order valence-corrected chi connectivity index (χ0v) is 9.46. The van der Waals surface area contributed by atoms with Crippen LogP contribution in [-0.2, 0) is 0 Å². The highest BCUT2D eigenvalue weighted by atomic mass is 79.9. The van der Waals surface area contributed by atoms with Crippen LogP contribution in [0.2, 0.25) is 0 Å². The zero-order chi connectivity index (χ0) is 10.8. The van der Waals surface area contributed by atoms with Gasteiger partial charge < -0.3 is 5.73 Å². The number of nitrogen functional groups attached to an aromatic ring is 1. The summed E-state index contributed by atoms with van der Waals surface area (Å²) in [7, 11) is 0. The number of benzene rings is 2. The molecular formula is C12H9BrFN. The molecule has 2 N–H and O–H groups in total. The summed E-state index contributed by atoms with van der Waals surface area (Å²) in [6.45, 7) is 0. The maximum absolute atomic E-state index is 13.2. The van der Waals surface area contributed by atoms with Gasteiger partial charge in [0.05, 0.1) is 5.69 Å². The zero-order valence-electron chi connectivity index (χ0n) is 7.87. The Kier molecular flexibility index (Phi) is 2.73. The van der Waals surface area contributed by atoms with Crippen molar-refractivity contribution in [2.75, 3.05) is 5.73 Å². The van der Waals surface area contributed by atoms with Gasteiger partial charge in [-0.05, 0) is 33.6 Å². The van der Waals surface area contributed by atoms with Crippen molar-refractivity contribution < 1.29 is 4.39 Å². The second-order valence-corrected chi connectivity index (χ2v) is 4.07. The molecule has 0 saturated heterocycles. The topological polar surface area (TPSA) is 26.0 Å². The number of hydrogen-bond donors (Lipinski definition) is 1. The second kappa shape index (κ2) is 4.03. The van der Waals surface area contributed by atoms with Crippen LogP contribution in [0.1, 0.15) is 0 Å². The van der Waals surface area contributed by atoms with Crippen LogP contribution in [0.3, 0.4) is 0 Å². The normalized spacial score (nSPS) is 10.3. The fraction of sp³-hybridized carbons (Fsp3) is 0. The SMILES string of the molecule is Nc1c(Br)cc(F)cc1-c1ccccc1. The maximum atomic E-state index is 13.2. The molecule has 0 saturated carbocycles. The van der Waals surface area contributed by atoms with Crippen LogP contribution in [-0.4, -0.2) is 0 Å². The summed E-state index contributed by atoms with van der Waals surface area (Å²) in [5.74, 6) is -0.296. The van der Waals surface area contributed by atoms with E-state index in [9.17, 15) is 4.39 Å². The molecule has 0 radical (unpaired) electrons. The first-order valence-electron chi connectivity index (χ1n) is 4.48. The molecule has 0 heterocycles. The van der Waals surface area contributed by atoms with Gasteiger partial charge in [-0.25, -0.2) is 4.39 Å². The predicted octanol–water partition coefficient (Wildman–Crippen LogP) is 3.84. The lowest BCUT2D eigenvalue weighted by Gasteiger charge is -2.07. The smallest absolute Gasteiger partial charge is 0.125 e. The summed E-state index contributed by atoms with van der Waals surface area (Å²) in [5, 5.41) is 0. The number of halogens is 2. The Morgan fingerprint density at radius 3 is 2.40 bits per heavy atom. The molecule has 3 heteroatoms. The van der Waals surface area contributed by atoms with Gasteiger partial charge in [0.2, 0.25) is 0 Å². The van der Waals surface area contributed by atoms with Crippen LogP contribution < -0.4 is 5.73 Å². The largest absolute Gasteiger partial charge is 0.397 e. The van der Waals surface area contributed by atoms with Crippen molar-refractivity contribution in [3.8, 4) is 11.1 Å². The molecule has 2 rings (SSSR count). The maximum Gasteiger partial charge on any atom is 0.125 e. The lowest BCUT2D eigenvalue weighted by molar-refractivity contribution is 0.627. The standard InChI is InChI=1S/C12H9BrFN/c13-11-7-9(14)6-10(12(11)15)8-4-2-1-3-5-8/h1-7H,15H2. The van der Waals surface area contributed by atoms with Gasteiger partial charge in [-0.3, -0.25) is 0 Å². The molecule has 0 atom stereocenters. The monoisotopic (exact) mass is 265 g/mol. The molecule has 0 aromatic heterocycles. The Morgan fingerprint density at radius 2 is 1.73 bits per heavy atom. The molecule has 15 heavy (non-hydrogen) atoms. The predicted molar refractivity (Wildman–Crippen MR) is 63.9 cm³/mol. The van der Waals surface area contributed by atoms with Gasteiger partial charge in [-0.15, -0.1) is 0 Å². The fourth-order valence-corrected chi connectivity index (χ4v) is 1.87. The quantitative estimate of drug-likeness (QED) is 0.780. The van der Waals surface area contributed by atoms with Crippen molar-refractivity contribution >= 4 is 21.6 Å². The average molecular weight is 266 g/mol. The van der Waals surface area contributed by atoms with Crippen molar-refractivity contribution in [2.24, 2.45) is 0 Å². The molecule has 0 aliphatic rings. The third-order valence-electron chi connectivity index (χ3n) is 2.18. The van der Waals surface area contributed by atoms with Crippen LogP contribution in [0.5, 0.6) is 0 Å². The number of hydrogen-bond acceptors (Lipinski definition) is 1. The number of rotatable bonds is 1. The van der Waals surface area contributed by atoms with Crippen LogP contribution in [0.15, 0.2) is 46.9 Å². The molecule has 0 spiro atoms. The molecule has 0 bridgehead atoms. The fourth-order valence-electron chi connectivity index (χ4n) is 1.44. The molecule has 0 fully saturated rings. The van der Waals surface area contributed by atoms with Crippen molar-refractivity contribution in [3.05, 3.63) is 52.8 Å². The first-order valence-corrected chi connectivity index (χ1v) is 5.28. The number of nitrogens with two attached hydrogens (primary N) is 1. The van der Waals surface area contributed by atoms with Crippen molar-refractivity contribution in [1.29, 1.82) is 0 Å². The molecule has 0 aliphatic carbocycles. The van der Waals surface area contributed by atoms with Gasteiger partial charge in [0.15, 0.2) is 0 Å². The first-order chi connectivity index (χ1) is 7.18. The van der Waals surface area contributed by atoms with Crippen LogP contribution in [0.25, 0.3) is 11.1 Å². The molecule has 76 valence electrons. The molecule has 0 amide bonds. The summed E-state index contributed by atoms with van der Waals surface area (Å²) in [6.07, 6.45) is 0. The first kappa shape index (κ1) is 10.2. The van der Waals surface area contributed by atoms with Gasteiger partial charge in [0.1, 0.15) is 5.82 Å².